The maximum absolute atomic E-state index is 14.1. The van der Waals surface area contributed by atoms with Crippen molar-refractivity contribution in [3.05, 3.63) is 62.7 Å². The molecule has 0 radical (unpaired) electrons. The van der Waals surface area contributed by atoms with Crippen molar-refractivity contribution in [2.24, 2.45) is 0 Å². The average Bonchev–Trinajstić information content (AvgIpc) is 3.08. The van der Waals surface area contributed by atoms with E-state index < -0.39 is 28.2 Å². The fourth-order valence-corrected chi connectivity index (χ4v) is 4.08. The number of hydrogen-bond acceptors (Lipinski definition) is 6. The Hall–Kier alpha value is -2.69. The zero-order chi connectivity index (χ0) is 22.0. The molecular weight excluding hydrogens is 438 g/mol. The molecular formula is C19H17ClF2N4O3S. The van der Waals surface area contributed by atoms with E-state index in [1.165, 1.54) is 17.0 Å². The molecule has 11 heteroatoms. The van der Waals surface area contributed by atoms with Crippen molar-refractivity contribution in [2.75, 3.05) is 32.1 Å². The fraction of sp³-hybridized carbons (Fsp3) is 0.263. The highest BCUT2D eigenvalue weighted by molar-refractivity contribution is 7.22. The van der Waals surface area contributed by atoms with E-state index in [1.54, 1.807) is 0 Å². The Kier molecular flexibility index (Phi) is 6.59. The molecule has 0 aliphatic carbocycles. The summed E-state index contributed by atoms with van der Waals surface area (Å²) in [4.78, 5) is 31.3. The van der Waals surface area contributed by atoms with E-state index in [-0.39, 0.29) is 32.5 Å². The Balaban J connectivity index is 2.07. The number of nitrogens with zero attached hydrogens (tertiary/aromatic N) is 4. The van der Waals surface area contributed by atoms with Gasteiger partial charge in [-0.25, -0.2) is 13.8 Å². The number of hydrogen-bond donors (Lipinski definition) is 0. The van der Waals surface area contributed by atoms with Crippen LogP contribution < -0.4 is 4.90 Å². The fourth-order valence-electron chi connectivity index (χ4n) is 2.87. The molecule has 0 saturated heterocycles. The average molecular weight is 455 g/mol. The summed E-state index contributed by atoms with van der Waals surface area (Å²) >= 11 is 6.89. The second kappa shape index (κ2) is 8.99. The zero-order valence-corrected chi connectivity index (χ0v) is 17.6. The van der Waals surface area contributed by atoms with Gasteiger partial charge in [0, 0.05) is 23.7 Å². The summed E-state index contributed by atoms with van der Waals surface area (Å²) in [5.74, 6) is -2.30. The predicted octanol–water partition coefficient (Wildman–Crippen LogP) is 4.73. The molecule has 1 amide bonds. The highest BCUT2D eigenvalue weighted by Gasteiger charge is 2.28. The number of carbonyl (C=O) groups is 1. The quantitative estimate of drug-likeness (QED) is 0.380. The summed E-state index contributed by atoms with van der Waals surface area (Å²) in [6, 6.07) is 5.54. The minimum Gasteiger partial charge on any atom is -0.309 e. The van der Waals surface area contributed by atoms with Crippen LogP contribution in [0.4, 0.5) is 19.6 Å². The molecule has 0 aliphatic rings. The molecule has 3 rings (SSSR count). The Morgan fingerprint density at radius 2 is 1.97 bits per heavy atom. The molecule has 7 nitrogen and oxygen atoms in total. The molecule has 1 heterocycles. The summed E-state index contributed by atoms with van der Waals surface area (Å²) in [6.45, 7) is 0.805. The SMILES string of the molecule is CN(C)CCCN(C(=O)c1cc(Cl)ccc1[N+](=O)[O-])c1nc2c(F)cc(F)cc2s1. The van der Waals surface area contributed by atoms with Crippen LogP contribution in [0.1, 0.15) is 16.8 Å². The highest BCUT2D eigenvalue weighted by Crippen LogP contribution is 2.33. The van der Waals surface area contributed by atoms with Gasteiger partial charge >= 0.3 is 0 Å². The van der Waals surface area contributed by atoms with Crippen molar-refractivity contribution in [1.29, 1.82) is 0 Å². The van der Waals surface area contributed by atoms with Gasteiger partial charge in [0.25, 0.3) is 11.6 Å². The molecule has 0 N–H and O–H groups in total. The molecule has 0 spiro atoms. The van der Waals surface area contributed by atoms with Crippen molar-refractivity contribution >= 4 is 49.9 Å². The third-order valence-electron chi connectivity index (χ3n) is 4.25. The van der Waals surface area contributed by atoms with Crippen LogP contribution in [0.25, 0.3) is 10.2 Å². The van der Waals surface area contributed by atoms with Crippen molar-refractivity contribution in [1.82, 2.24) is 9.88 Å². The number of halogens is 3. The van der Waals surface area contributed by atoms with Crippen molar-refractivity contribution < 1.29 is 18.5 Å². The third-order valence-corrected chi connectivity index (χ3v) is 5.51. The first-order valence-electron chi connectivity index (χ1n) is 8.83. The maximum Gasteiger partial charge on any atom is 0.282 e. The number of nitro groups is 1. The topological polar surface area (TPSA) is 79.6 Å². The Morgan fingerprint density at radius 3 is 2.63 bits per heavy atom. The lowest BCUT2D eigenvalue weighted by Crippen LogP contribution is -2.33. The van der Waals surface area contributed by atoms with Gasteiger partial charge in [0.1, 0.15) is 16.9 Å². The molecule has 0 aliphatic heterocycles. The van der Waals surface area contributed by atoms with E-state index in [1.807, 2.05) is 19.0 Å². The van der Waals surface area contributed by atoms with Crippen LogP contribution in [0.3, 0.4) is 0 Å². The van der Waals surface area contributed by atoms with Gasteiger partial charge in [-0.2, -0.15) is 0 Å². The van der Waals surface area contributed by atoms with Gasteiger partial charge < -0.3 is 4.90 Å². The minimum atomic E-state index is -0.845. The van der Waals surface area contributed by atoms with Crippen molar-refractivity contribution in [3.63, 3.8) is 0 Å². The number of anilines is 1. The molecule has 0 fully saturated rings. The first-order chi connectivity index (χ1) is 14.2. The molecule has 158 valence electrons. The van der Waals surface area contributed by atoms with Crippen LogP contribution in [0, 0.1) is 21.7 Å². The highest BCUT2D eigenvalue weighted by atomic mass is 35.5. The maximum atomic E-state index is 14.1. The van der Waals surface area contributed by atoms with Gasteiger partial charge in [0.2, 0.25) is 0 Å². The lowest BCUT2D eigenvalue weighted by atomic mass is 10.1. The monoisotopic (exact) mass is 454 g/mol. The predicted molar refractivity (Wildman–Crippen MR) is 112 cm³/mol. The van der Waals surface area contributed by atoms with Gasteiger partial charge in [-0.3, -0.25) is 19.8 Å². The normalized spacial score (nSPS) is 11.3. The number of aromatic nitrogens is 1. The van der Waals surface area contributed by atoms with Crippen LogP contribution in [-0.2, 0) is 0 Å². The van der Waals surface area contributed by atoms with Crippen LogP contribution >= 0.6 is 22.9 Å². The molecule has 3 aromatic rings. The summed E-state index contributed by atoms with van der Waals surface area (Å²) in [7, 11) is 3.73. The van der Waals surface area contributed by atoms with Crippen LogP contribution in [0.2, 0.25) is 5.02 Å². The summed E-state index contributed by atoms with van der Waals surface area (Å²) in [5, 5.41) is 11.7. The van der Waals surface area contributed by atoms with E-state index in [9.17, 15) is 23.7 Å². The first kappa shape index (κ1) is 22.0. The lowest BCUT2D eigenvalue weighted by Gasteiger charge is -2.21. The Labute approximate surface area is 179 Å². The summed E-state index contributed by atoms with van der Waals surface area (Å²) < 4.78 is 27.9. The Bertz CT molecular complexity index is 1120. The van der Waals surface area contributed by atoms with E-state index in [0.29, 0.717) is 19.0 Å². The minimum absolute atomic E-state index is 0.0672. The second-order valence-electron chi connectivity index (χ2n) is 6.76. The van der Waals surface area contributed by atoms with Gasteiger partial charge in [-0.05, 0) is 45.3 Å². The molecule has 0 bridgehead atoms. The number of amides is 1. The molecule has 0 atom stereocenters. The molecule has 2 aromatic carbocycles. The van der Waals surface area contributed by atoms with Crippen molar-refractivity contribution in [2.45, 2.75) is 6.42 Å². The van der Waals surface area contributed by atoms with E-state index >= 15 is 0 Å². The Morgan fingerprint density at radius 1 is 1.23 bits per heavy atom. The van der Waals surface area contributed by atoms with Crippen LogP contribution in [-0.4, -0.2) is 47.9 Å². The zero-order valence-electron chi connectivity index (χ0n) is 16.1. The van der Waals surface area contributed by atoms with E-state index in [2.05, 4.69) is 4.98 Å². The first-order valence-corrected chi connectivity index (χ1v) is 10.0. The lowest BCUT2D eigenvalue weighted by molar-refractivity contribution is -0.385. The van der Waals surface area contributed by atoms with E-state index in [0.717, 1.165) is 23.5 Å². The molecule has 1 aromatic heterocycles. The number of thiazole rings is 1. The standard InChI is InChI=1S/C19H17ClF2N4O3S/c1-24(2)6-3-7-25(18(27)13-8-11(20)4-5-15(13)26(28)29)19-23-17-14(22)9-12(21)10-16(17)30-19/h4-5,8-10H,3,6-7H2,1-2H3. The van der Waals surface area contributed by atoms with Gasteiger partial charge in [0.05, 0.1) is 9.62 Å². The largest absolute Gasteiger partial charge is 0.309 e. The van der Waals surface area contributed by atoms with Crippen molar-refractivity contribution in [3.8, 4) is 0 Å². The number of fused-ring (bicyclic) bond motifs is 1. The van der Waals surface area contributed by atoms with Crippen LogP contribution in [0.15, 0.2) is 30.3 Å². The molecule has 30 heavy (non-hydrogen) atoms. The second-order valence-corrected chi connectivity index (χ2v) is 8.21. The third kappa shape index (κ3) is 4.72. The van der Waals surface area contributed by atoms with E-state index in [4.69, 9.17) is 11.6 Å². The number of nitro benzene ring substituents is 1. The number of benzene rings is 2. The summed E-state index contributed by atoms with van der Waals surface area (Å²) in [6.07, 6.45) is 0.528. The number of carbonyl (C=O) groups excluding carboxylic acids is 1. The molecule has 0 unspecified atom stereocenters. The van der Waals surface area contributed by atoms with Gasteiger partial charge in [-0.15, -0.1) is 0 Å². The van der Waals surface area contributed by atoms with Crippen LogP contribution in [0.5, 0.6) is 0 Å². The molecule has 0 saturated carbocycles. The number of rotatable bonds is 7. The van der Waals surface area contributed by atoms with Gasteiger partial charge in [0.15, 0.2) is 10.9 Å². The summed E-state index contributed by atoms with van der Waals surface area (Å²) in [5.41, 5.74) is -0.675. The smallest absolute Gasteiger partial charge is 0.282 e. The van der Waals surface area contributed by atoms with Gasteiger partial charge in [-0.1, -0.05) is 22.9 Å².